The molecule has 0 saturated carbocycles. The van der Waals surface area contributed by atoms with E-state index in [0.29, 0.717) is 11.5 Å². The maximum atomic E-state index is 13.3. The molecular weight excluding hydrogens is 369 g/mol. The highest BCUT2D eigenvalue weighted by Crippen LogP contribution is 2.25. The van der Waals surface area contributed by atoms with Crippen LogP contribution in [-0.4, -0.2) is 24.7 Å². The first-order valence-electron chi connectivity index (χ1n) is 8.29. The molecule has 0 aliphatic rings. The van der Waals surface area contributed by atoms with Gasteiger partial charge in [0.1, 0.15) is 11.6 Å². The molecule has 0 radical (unpaired) electrons. The van der Waals surface area contributed by atoms with Gasteiger partial charge >= 0.3 is 0 Å². The molecule has 0 atom stereocenters. The minimum absolute atomic E-state index is 0.217. The lowest BCUT2D eigenvalue weighted by atomic mass is 10.2. The second kappa shape index (κ2) is 8.64. The number of aromatic nitrogens is 5. The zero-order chi connectivity index (χ0) is 18.5. The van der Waals surface area contributed by atoms with Gasteiger partial charge in [-0.1, -0.05) is 35.7 Å². The number of nitrogens with zero attached hydrogens (tertiary/aromatic N) is 5. The lowest BCUT2D eigenvalue weighted by molar-refractivity contribution is 0.626. The average molecular weight is 390 g/mol. The largest absolute Gasteiger partial charge is 0.306 e. The fraction of sp³-hybridized carbons (Fsp3) is 0.333. The van der Waals surface area contributed by atoms with Gasteiger partial charge < -0.3 is 4.57 Å². The van der Waals surface area contributed by atoms with Gasteiger partial charge in [-0.2, -0.15) is 0 Å². The van der Waals surface area contributed by atoms with Crippen LogP contribution in [0, 0.1) is 19.7 Å². The summed E-state index contributed by atoms with van der Waals surface area (Å²) in [5.41, 5.74) is 2.85. The smallest absolute Gasteiger partial charge is 0.191 e. The van der Waals surface area contributed by atoms with Gasteiger partial charge in [0.15, 0.2) is 10.3 Å². The van der Waals surface area contributed by atoms with Crippen molar-refractivity contribution in [2.24, 2.45) is 0 Å². The Morgan fingerprint density at radius 2 is 1.77 bits per heavy atom. The Morgan fingerprint density at radius 1 is 1.00 bits per heavy atom. The minimum atomic E-state index is -0.217. The van der Waals surface area contributed by atoms with E-state index in [1.165, 1.54) is 6.07 Å². The summed E-state index contributed by atoms with van der Waals surface area (Å²) in [4.78, 5) is 8.90. The van der Waals surface area contributed by atoms with Gasteiger partial charge in [-0.25, -0.2) is 14.4 Å². The summed E-state index contributed by atoms with van der Waals surface area (Å²) in [5.74, 6) is 1.99. The molecule has 0 unspecified atom stereocenters. The van der Waals surface area contributed by atoms with Crippen molar-refractivity contribution in [3.05, 3.63) is 58.9 Å². The van der Waals surface area contributed by atoms with Crippen molar-refractivity contribution in [1.29, 1.82) is 0 Å². The molecule has 3 rings (SSSR count). The number of benzene rings is 1. The van der Waals surface area contributed by atoms with Crippen molar-refractivity contribution in [3.63, 3.8) is 0 Å². The van der Waals surface area contributed by atoms with Gasteiger partial charge in [0.05, 0.1) is 5.75 Å². The third kappa shape index (κ3) is 4.82. The van der Waals surface area contributed by atoms with Crippen LogP contribution in [0.2, 0.25) is 0 Å². The van der Waals surface area contributed by atoms with Gasteiger partial charge in [-0.05, 0) is 44.5 Å². The molecule has 0 spiro atoms. The molecule has 8 heteroatoms. The molecule has 0 aliphatic heterocycles. The molecule has 2 aromatic heterocycles. The van der Waals surface area contributed by atoms with E-state index in [4.69, 9.17) is 0 Å². The molecule has 0 bridgehead atoms. The monoisotopic (exact) mass is 389 g/mol. The Labute approximate surface area is 160 Å². The standard InChI is InChI=1S/C18H20FN5S2/c1-4-24-16(11-25-17-20-12(2)8-13(3)21-17)22-23-18(24)26-10-14-6-5-7-15(19)9-14/h5-9H,4,10-11H2,1-3H3. The Bertz CT molecular complexity index is 877. The van der Waals surface area contributed by atoms with Crippen molar-refractivity contribution < 1.29 is 4.39 Å². The van der Waals surface area contributed by atoms with E-state index in [1.807, 2.05) is 26.0 Å². The fourth-order valence-corrected chi connectivity index (χ4v) is 4.37. The van der Waals surface area contributed by atoms with Gasteiger partial charge in [0.25, 0.3) is 0 Å². The van der Waals surface area contributed by atoms with E-state index in [9.17, 15) is 4.39 Å². The number of aryl methyl sites for hydroxylation is 2. The van der Waals surface area contributed by atoms with Crippen molar-refractivity contribution in [2.45, 2.75) is 49.1 Å². The molecule has 136 valence electrons. The minimum Gasteiger partial charge on any atom is -0.306 e. The normalized spacial score (nSPS) is 11.1. The number of hydrogen-bond donors (Lipinski definition) is 0. The van der Waals surface area contributed by atoms with Crippen molar-refractivity contribution in [2.75, 3.05) is 0 Å². The number of hydrogen-bond acceptors (Lipinski definition) is 6. The second-order valence-electron chi connectivity index (χ2n) is 5.78. The molecule has 1 aromatic carbocycles. The summed E-state index contributed by atoms with van der Waals surface area (Å²) in [6, 6.07) is 8.60. The highest BCUT2D eigenvalue weighted by atomic mass is 32.2. The fourth-order valence-electron chi connectivity index (χ4n) is 2.51. The summed E-state index contributed by atoms with van der Waals surface area (Å²) in [6.45, 7) is 6.78. The van der Waals surface area contributed by atoms with Crippen LogP contribution in [0.4, 0.5) is 4.39 Å². The topological polar surface area (TPSA) is 56.5 Å². The van der Waals surface area contributed by atoms with Crippen molar-refractivity contribution >= 4 is 23.5 Å². The van der Waals surface area contributed by atoms with Crippen LogP contribution in [-0.2, 0) is 18.1 Å². The molecular formula is C18H20FN5S2. The molecule has 0 fully saturated rings. The molecule has 0 N–H and O–H groups in total. The van der Waals surface area contributed by atoms with Gasteiger partial charge in [0.2, 0.25) is 0 Å². The summed E-state index contributed by atoms with van der Waals surface area (Å²) in [7, 11) is 0. The van der Waals surface area contributed by atoms with Crippen LogP contribution in [0.15, 0.2) is 40.6 Å². The first-order valence-corrected chi connectivity index (χ1v) is 10.3. The van der Waals surface area contributed by atoms with E-state index in [2.05, 4.69) is 31.7 Å². The number of rotatable bonds is 7. The zero-order valence-electron chi connectivity index (χ0n) is 14.9. The quantitative estimate of drug-likeness (QED) is 0.440. The van der Waals surface area contributed by atoms with E-state index in [1.54, 1.807) is 35.7 Å². The number of halogens is 1. The first kappa shape index (κ1) is 18.8. The maximum Gasteiger partial charge on any atom is 0.191 e. The van der Waals surface area contributed by atoms with Gasteiger partial charge in [-0.3, -0.25) is 0 Å². The van der Waals surface area contributed by atoms with Crippen molar-refractivity contribution in [3.8, 4) is 0 Å². The lowest BCUT2D eigenvalue weighted by Gasteiger charge is -2.07. The molecule has 0 saturated heterocycles. The highest BCUT2D eigenvalue weighted by Gasteiger charge is 2.13. The van der Waals surface area contributed by atoms with Crippen LogP contribution in [0.5, 0.6) is 0 Å². The van der Waals surface area contributed by atoms with E-state index < -0.39 is 0 Å². The first-order chi connectivity index (χ1) is 12.5. The van der Waals surface area contributed by atoms with Crippen LogP contribution < -0.4 is 0 Å². The van der Waals surface area contributed by atoms with Crippen LogP contribution in [0.25, 0.3) is 0 Å². The van der Waals surface area contributed by atoms with E-state index in [0.717, 1.165) is 39.6 Å². The third-order valence-corrected chi connectivity index (χ3v) is 5.54. The third-order valence-electron chi connectivity index (χ3n) is 3.66. The Morgan fingerprint density at radius 3 is 2.46 bits per heavy atom. The van der Waals surface area contributed by atoms with Gasteiger partial charge in [0, 0.05) is 23.7 Å². The Kier molecular flexibility index (Phi) is 6.26. The Balaban J connectivity index is 1.67. The lowest BCUT2D eigenvalue weighted by Crippen LogP contribution is -2.03. The molecule has 3 aromatic rings. The number of thioether (sulfide) groups is 2. The summed E-state index contributed by atoms with van der Waals surface area (Å²) >= 11 is 3.12. The van der Waals surface area contributed by atoms with Crippen LogP contribution in [0.1, 0.15) is 29.7 Å². The molecule has 26 heavy (non-hydrogen) atoms. The molecule has 0 aliphatic carbocycles. The van der Waals surface area contributed by atoms with Crippen LogP contribution in [0.3, 0.4) is 0 Å². The average Bonchev–Trinajstić information content (AvgIpc) is 2.99. The molecule has 0 amide bonds. The highest BCUT2D eigenvalue weighted by molar-refractivity contribution is 7.98. The predicted molar refractivity (Wildman–Crippen MR) is 103 cm³/mol. The maximum absolute atomic E-state index is 13.3. The second-order valence-corrected chi connectivity index (χ2v) is 7.67. The summed E-state index contributed by atoms with van der Waals surface area (Å²) in [6.07, 6.45) is 0. The SMILES string of the molecule is CCn1c(CSc2nc(C)cc(C)n2)nnc1SCc1cccc(F)c1. The zero-order valence-corrected chi connectivity index (χ0v) is 16.6. The molecule has 2 heterocycles. The van der Waals surface area contributed by atoms with Crippen molar-refractivity contribution in [1.82, 2.24) is 24.7 Å². The summed E-state index contributed by atoms with van der Waals surface area (Å²) < 4.78 is 15.4. The molecule has 5 nitrogen and oxygen atoms in total. The van der Waals surface area contributed by atoms with Crippen LogP contribution >= 0.6 is 23.5 Å². The van der Waals surface area contributed by atoms with Gasteiger partial charge in [-0.15, -0.1) is 10.2 Å². The Hall–Kier alpha value is -1.93. The van der Waals surface area contributed by atoms with E-state index in [-0.39, 0.29) is 5.82 Å². The summed E-state index contributed by atoms with van der Waals surface area (Å²) in [5, 5.41) is 10.2. The van der Waals surface area contributed by atoms with E-state index >= 15 is 0 Å². The predicted octanol–water partition coefficient (Wildman–Crippen LogP) is 4.43.